The van der Waals surface area contributed by atoms with Crippen LogP contribution in [0, 0.1) is 6.92 Å². The molecule has 0 aliphatic heterocycles. The lowest BCUT2D eigenvalue weighted by Crippen LogP contribution is -1.96. The van der Waals surface area contributed by atoms with Crippen LogP contribution >= 0.6 is 0 Å². The minimum atomic E-state index is 0.357. The third kappa shape index (κ3) is 3.68. The Hall–Kier alpha value is -3.19. The molecule has 0 spiro atoms. The van der Waals surface area contributed by atoms with Crippen LogP contribution in [0.1, 0.15) is 29.5 Å². The normalized spacial score (nSPS) is 11.9. The lowest BCUT2D eigenvalue weighted by molar-refractivity contribution is 0.923. The second kappa shape index (κ2) is 7.59. The first-order valence-corrected chi connectivity index (χ1v) is 9.40. The molecular formula is C26H23N. The Balaban J connectivity index is 1.67. The van der Waals surface area contributed by atoms with Gasteiger partial charge < -0.3 is 0 Å². The Kier molecular flexibility index (Phi) is 4.84. The van der Waals surface area contributed by atoms with Crippen LogP contribution in [0.2, 0.25) is 0 Å². The summed E-state index contributed by atoms with van der Waals surface area (Å²) in [5.41, 5.74) is 8.47. The van der Waals surface area contributed by atoms with Crippen LogP contribution in [0.25, 0.3) is 22.4 Å². The van der Waals surface area contributed by atoms with Crippen molar-refractivity contribution in [1.82, 2.24) is 4.98 Å². The molecule has 0 fully saturated rings. The van der Waals surface area contributed by atoms with E-state index in [1.807, 2.05) is 12.3 Å². The largest absolute Gasteiger partial charge is 0.256 e. The number of aryl methyl sites for hydroxylation is 1. The first-order chi connectivity index (χ1) is 13.2. The van der Waals surface area contributed by atoms with Gasteiger partial charge in [-0.3, -0.25) is 4.98 Å². The molecule has 27 heavy (non-hydrogen) atoms. The first-order valence-electron chi connectivity index (χ1n) is 9.40. The summed E-state index contributed by atoms with van der Waals surface area (Å²) in [7, 11) is 0. The van der Waals surface area contributed by atoms with Crippen LogP contribution in [0.15, 0.2) is 97.2 Å². The molecule has 132 valence electrons. The highest BCUT2D eigenvalue weighted by molar-refractivity contribution is 5.70. The summed E-state index contributed by atoms with van der Waals surface area (Å²) in [5.74, 6) is 0.357. The van der Waals surface area contributed by atoms with Crippen LogP contribution in [0.3, 0.4) is 0 Å². The van der Waals surface area contributed by atoms with Crippen LogP contribution in [-0.2, 0) is 0 Å². The van der Waals surface area contributed by atoms with E-state index in [1.54, 1.807) is 0 Å². The van der Waals surface area contributed by atoms with E-state index in [-0.39, 0.29) is 0 Å². The molecule has 4 aromatic rings. The molecular weight excluding hydrogens is 326 g/mol. The molecule has 0 aliphatic carbocycles. The van der Waals surface area contributed by atoms with Crippen molar-refractivity contribution in [1.29, 1.82) is 0 Å². The zero-order valence-electron chi connectivity index (χ0n) is 15.8. The van der Waals surface area contributed by atoms with Gasteiger partial charge in [0, 0.05) is 23.2 Å². The predicted molar refractivity (Wildman–Crippen MR) is 114 cm³/mol. The molecule has 1 heteroatoms. The number of rotatable bonds is 4. The SMILES string of the molecule is Cc1cc(-c2cccc(C(C)c3ccccc3)c2)ncc1-c1ccccc1. The van der Waals surface area contributed by atoms with Gasteiger partial charge in [0.25, 0.3) is 0 Å². The molecule has 1 aromatic heterocycles. The van der Waals surface area contributed by atoms with E-state index in [0.29, 0.717) is 5.92 Å². The highest BCUT2D eigenvalue weighted by atomic mass is 14.7. The topological polar surface area (TPSA) is 12.9 Å². The summed E-state index contributed by atoms with van der Waals surface area (Å²) in [6.45, 7) is 4.41. The van der Waals surface area contributed by atoms with Crippen molar-refractivity contribution in [2.75, 3.05) is 0 Å². The maximum absolute atomic E-state index is 4.76. The number of nitrogens with zero attached hydrogens (tertiary/aromatic N) is 1. The molecule has 0 saturated heterocycles. The zero-order chi connectivity index (χ0) is 18.6. The molecule has 1 atom stereocenters. The fourth-order valence-corrected chi connectivity index (χ4v) is 3.54. The molecule has 1 nitrogen and oxygen atoms in total. The first kappa shape index (κ1) is 17.2. The van der Waals surface area contributed by atoms with E-state index >= 15 is 0 Å². The molecule has 0 aliphatic rings. The number of hydrogen-bond donors (Lipinski definition) is 0. The van der Waals surface area contributed by atoms with Gasteiger partial charge in [0.1, 0.15) is 0 Å². The predicted octanol–water partition coefficient (Wildman–Crippen LogP) is 6.88. The van der Waals surface area contributed by atoms with E-state index < -0.39 is 0 Å². The van der Waals surface area contributed by atoms with Crippen molar-refractivity contribution in [2.45, 2.75) is 19.8 Å². The molecule has 0 bridgehead atoms. The van der Waals surface area contributed by atoms with Crippen LogP contribution < -0.4 is 0 Å². The standard InChI is InChI=1S/C26H23N/c1-19-16-26(27-18-25(19)22-12-7-4-8-13-22)24-15-9-14-23(17-24)20(2)21-10-5-3-6-11-21/h3-18,20H,1-2H3. The number of benzene rings is 3. The Morgan fingerprint density at radius 2 is 1.30 bits per heavy atom. The van der Waals surface area contributed by atoms with Crippen molar-refractivity contribution >= 4 is 0 Å². The van der Waals surface area contributed by atoms with Crippen molar-refractivity contribution in [3.63, 3.8) is 0 Å². The average Bonchev–Trinajstić information content (AvgIpc) is 2.74. The highest BCUT2D eigenvalue weighted by Crippen LogP contribution is 2.30. The van der Waals surface area contributed by atoms with Crippen molar-refractivity contribution in [3.05, 3.63) is 114 Å². The third-order valence-corrected chi connectivity index (χ3v) is 5.18. The maximum Gasteiger partial charge on any atom is 0.0705 e. The van der Waals surface area contributed by atoms with Gasteiger partial charge in [-0.05, 0) is 41.3 Å². The van der Waals surface area contributed by atoms with Crippen LogP contribution in [-0.4, -0.2) is 4.98 Å². The molecule has 0 radical (unpaired) electrons. The van der Waals surface area contributed by atoms with Crippen molar-refractivity contribution in [2.24, 2.45) is 0 Å². The summed E-state index contributed by atoms with van der Waals surface area (Å²) in [5, 5.41) is 0. The molecule has 3 aromatic carbocycles. The van der Waals surface area contributed by atoms with Gasteiger partial charge in [0.15, 0.2) is 0 Å². The monoisotopic (exact) mass is 349 g/mol. The Bertz CT molecular complexity index is 1040. The lowest BCUT2D eigenvalue weighted by Gasteiger charge is -2.14. The van der Waals surface area contributed by atoms with Gasteiger partial charge in [-0.15, -0.1) is 0 Å². The molecule has 1 unspecified atom stereocenters. The molecule has 4 rings (SSSR count). The third-order valence-electron chi connectivity index (χ3n) is 5.18. The van der Waals surface area contributed by atoms with Crippen molar-refractivity contribution < 1.29 is 0 Å². The van der Waals surface area contributed by atoms with Gasteiger partial charge in [0.05, 0.1) is 5.69 Å². The minimum Gasteiger partial charge on any atom is -0.256 e. The summed E-state index contributed by atoms with van der Waals surface area (Å²) >= 11 is 0. The van der Waals surface area contributed by atoms with E-state index in [9.17, 15) is 0 Å². The van der Waals surface area contributed by atoms with E-state index in [2.05, 4.69) is 98.8 Å². The van der Waals surface area contributed by atoms with E-state index in [4.69, 9.17) is 4.98 Å². The number of hydrogen-bond acceptors (Lipinski definition) is 1. The fourth-order valence-electron chi connectivity index (χ4n) is 3.54. The van der Waals surface area contributed by atoms with E-state index in [1.165, 1.54) is 27.8 Å². The summed E-state index contributed by atoms with van der Waals surface area (Å²) in [4.78, 5) is 4.76. The molecule has 0 N–H and O–H groups in total. The minimum absolute atomic E-state index is 0.357. The second-order valence-corrected chi connectivity index (χ2v) is 7.01. The summed E-state index contributed by atoms with van der Waals surface area (Å²) in [6.07, 6.45) is 1.99. The van der Waals surface area contributed by atoms with Crippen LogP contribution in [0.5, 0.6) is 0 Å². The van der Waals surface area contributed by atoms with Crippen LogP contribution in [0.4, 0.5) is 0 Å². The quantitative estimate of drug-likeness (QED) is 0.391. The maximum atomic E-state index is 4.76. The summed E-state index contributed by atoms with van der Waals surface area (Å²) in [6, 6.07) is 32.0. The number of pyridine rings is 1. The zero-order valence-corrected chi connectivity index (χ0v) is 15.8. The van der Waals surface area contributed by atoms with Gasteiger partial charge in [-0.25, -0.2) is 0 Å². The Labute approximate surface area is 161 Å². The van der Waals surface area contributed by atoms with Gasteiger partial charge >= 0.3 is 0 Å². The Morgan fingerprint density at radius 3 is 2.00 bits per heavy atom. The molecule has 0 amide bonds. The number of aromatic nitrogens is 1. The lowest BCUT2D eigenvalue weighted by atomic mass is 9.91. The average molecular weight is 349 g/mol. The fraction of sp³-hybridized carbons (Fsp3) is 0.115. The van der Waals surface area contributed by atoms with E-state index in [0.717, 1.165) is 11.3 Å². The Morgan fingerprint density at radius 1 is 0.667 bits per heavy atom. The molecule has 0 saturated carbocycles. The van der Waals surface area contributed by atoms with Gasteiger partial charge in [-0.1, -0.05) is 85.8 Å². The smallest absolute Gasteiger partial charge is 0.0705 e. The second-order valence-electron chi connectivity index (χ2n) is 7.01. The van der Waals surface area contributed by atoms with Gasteiger partial charge in [0.2, 0.25) is 0 Å². The van der Waals surface area contributed by atoms with Gasteiger partial charge in [-0.2, -0.15) is 0 Å². The highest BCUT2D eigenvalue weighted by Gasteiger charge is 2.11. The summed E-state index contributed by atoms with van der Waals surface area (Å²) < 4.78 is 0. The van der Waals surface area contributed by atoms with Crippen molar-refractivity contribution in [3.8, 4) is 22.4 Å². The molecule has 1 heterocycles.